The van der Waals surface area contributed by atoms with E-state index in [0.29, 0.717) is 5.56 Å². The highest BCUT2D eigenvalue weighted by Gasteiger charge is 2.21. The Hall–Kier alpha value is -2.64. The molecule has 0 aliphatic carbocycles. The van der Waals surface area contributed by atoms with Gasteiger partial charge in [-0.25, -0.2) is 14.0 Å². The minimum absolute atomic E-state index is 0.0923. The molecule has 0 aliphatic heterocycles. The van der Waals surface area contributed by atoms with Crippen LogP contribution in [0.3, 0.4) is 0 Å². The minimum atomic E-state index is -1.39. The van der Waals surface area contributed by atoms with E-state index in [0.717, 1.165) is 0 Å². The van der Waals surface area contributed by atoms with Crippen LogP contribution in [0, 0.1) is 5.82 Å². The molecule has 0 spiro atoms. The van der Waals surface area contributed by atoms with Gasteiger partial charge in [0.05, 0.1) is 6.42 Å². The van der Waals surface area contributed by atoms with Crippen LogP contribution in [0.2, 0.25) is 0 Å². The van der Waals surface area contributed by atoms with E-state index in [-0.39, 0.29) is 6.54 Å². The molecule has 0 saturated carbocycles. The van der Waals surface area contributed by atoms with Crippen molar-refractivity contribution in [2.75, 3.05) is 0 Å². The van der Waals surface area contributed by atoms with Gasteiger partial charge in [-0.1, -0.05) is 12.1 Å². The van der Waals surface area contributed by atoms with Crippen LogP contribution < -0.4 is 16.4 Å². The molecule has 7 nitrogen and oxygen atoms in total. The first-order valence-corrected chi connectivity index (χ1v) is 5.68. The Morgan fingerprint density at radius 2 is 1.85 bits per heavy atom. The number of hydrogen-bond acceptors (Lipinski definition) is 3. The van der Waals surface area contributed by atoms with Gasteiger partial charge < -0.3 is 21.5 Å². The van der Waals surface area contributed by atoms with Gasteiger partial charge in [-0.05, 0) is 17.7 Å². The minimum Gasteiger partial charge on any atom is -0.480 e. The monoisotopic (exact) mass is 283 g/mol. The van der Waals surface area contributed by atoms with Crippen molar-refractivity contribution in [3.63, 3.8) is 0 Å². The van der Waals surface area contributed by atoms with Crippen LogP contribution in [-0.2, 0) is 16.1 Å². The Kier molecular flexibility index (Phi) is 5.45. The largest absolute Gasteiger partial charge is 0.480 e. The molecular weight excluding hydrogens is 269 g/mol. The number of benzene rings is 1. The summed E-state index contributed by atoms with van der Waals surface area (Å²) in [5.74, 6) is -2.59. The molecule has 5 N–H and O–H groups in total. The van der Waals surface area contributed by atoms with Crippen LogP contribution in [-0.4, -0.2) is 29.1 Å². The molecule has 0 aromatic heterocycles. The van der Waals surface area contributed by atoms with Crippen molar-refractivity contribution in [1.29, 1.82) is 0 Å². The Morgan fingerprint density at radius 1 is 1.25 bits per heavy atom. The maximum Gasteiger partial charge on any atom is 0.326 e. The predicted octanol–water partition coefficient (Wildman–Crippen LogP) is -0.0465. The molecule has 1 unspecified atom stereocenters. The molecule has 108 valence electrons. The average molecular weight is 283 g/mol. The lowest BCUT2D eigenvalue weighted by molar-refractivity contribution is -0.140. The molecule has 1 rings (SSSR count). The molecular formula is C12H14FN3O4. The first kappa shape index (κ1) is 15.4. The Morgan fingerprint density at radius 3 is 2.35 bits per heavy atom. The zero-order chi connectivity index (χ0) is 15.1. The molecule has 0 fully saturated rings. The highest BCUT2D eigenvalue weighted by Crippen LogP contribution is 2.02. The Balaban J connectivity index is 2.47. The quantitative estimate of drug-likeness (QED) is 0.585. The van der Waals surface area contributed by atoms with Crippen LogP contribution in [0.15, 0.2) is 24.3 Å². The number of nitrogens with one attached hydrogen (secondary N) is 2. The summed E-state index contributed by atoms with van der Waals surface area (Å²) in [6, 6.07) is 3.29. The van der Waals surface area contributed by atoms with Crippen LogP contribution in [0.25, 0.3) is 0 Å². The maximum absolute atomic E-state index is 12.7. The Labute approximate surface area is 114 Å². The lowest BCUT2D eigenvalue weighted by Crippen LogP contribution is -2.47. The van der Waals surface area contributed by atoms with Crippen LogP contribution in [0.5, 0.6) is 0 Å². The van der Waals surface area contributed by atoms with E-state index in [1.807, 2.05) is 0 Å². The van der Waals surface area contributed by atoms with Crippen molar-refractivity contribution in [2.24, 2.45) is 5.73 Å². The van der Waals surface area contributed by atoms with Gasteiger partial charge in [0.25, 0.3) is 0 Å². The number of halogens is 1. The standard InChI is InChI=1S/C12H14FN3O4/c13-8-3-1-7(2-4-8)6-15-12(20)16-9(11(18)19)5-10(14)17/h1-4,9H,5-6H2,(H2,14,17)(H,18,19)(H2,15,16,20). The number of carboxylic acid groups (broad SMARTS) is 1. The molecule has 0 aliphatic rings. The number of carbonyl (C=O) groups is 3. The van der Waals surface area contributed by atoms with Crippen molar-refractivity contribution in [3.05, 3.63) is 35.6 Å². The molecule has 1 aromatic rings. The molecule has 1 aromatic carbocycles. The number of nitrogens with two attached hydrogens (primary N) is 1. The highest BCUT2D eigenvalue weighted by atomic mass is 19.1. The molecule has 0 radical (unpaired) electrons. The van der Waals surface area contributed by atoms with Gasteiger partial charge in [-0.15, -0.1) is 0 Å². The van der Waals surface area contributed by atoms with E-state index >= 15 is 0 Å². The molecule has 0 heterocycles. The van der Waals surface area contributed by atoms with Crippen LogP contribution in [0.4, 0.5) is 9.18 Å². The summed E-state index contributed by atoms with van der Waals surface area (Å²) >= 11 is 0. The van der Waals surface area contributed by atoms with Crippen molar-refractivity contribution >= 4 is 17.9 Å². The number of amides is 3. The average Bonchev–Trinajstić information content (AvgIpc) is 2.36. The third-order valence-corrected chi connectivity index (χ3v) is 2.38. The van der Waals surface area contributed by atoms with Gasteiger partial charge in [0.15, 0.2) is 0 Å². The number of hydrogen-bond donors (Lipinski definition) is 4. The number of rotatable bonds is 6. The second-order valence-corrected chi connectivity index (χ2v) is 4.01. The zero-order valence-electron chi connectivity index (χ0n) is 10.4. The summed E-state index contributed by atoms with van der Waals surface area (Å²) < 4.78 is 12.7. The first-order chi connectivity index (χ1) is 9.38. The van der Waals surface area contributed by atoms with Gasteiger partial charge in [0.1, 0.15) is 11.9 Å². The van der Waals surface area contributed by atoms with Gasteiger partial charge in [-0.2, -0.15) is 0 Å². The van der Waals surface area contributed by atoms with E-state index in [2.05, 4.69) is 10.6 Å². The second kappa shape index (κ2) is 7.07. The lowest BCUT2D eigenvalue weighted by Gasteiger charge is -2.13. The molecule has 3 amide bonds. The van der Waals surface area contributed by atoms with E-state index in [4.69, 9.17) is 10.8 Å². The number of primary amides is 1. The van der Waals surface area contributed by atoms with E-state index in [1.165, 1.54) is 24.3 Å². The van der Waals surface area contributed by atoms with Gasteiger partial charge in [0, 0.05) is 6.54 Å². The number of aliphatic carboxylic acids is 1. The van der Waals surface area contributed by atoms with Crippen molar-refractivity contribution in [3.8, 4) is 0 Å². The predicted molar refractivity (Wildman–Crippen MR) is 67.0 cm³/mol. The third-order valence-electron chi connectivity index (χ3n) is 2.38. The fourth-order valence-corrected chi connectivity index (χ4v) is 1.40. The number of carbonyl (C=O) groups excluding carboxylic acids is 2. The van der Waals surface area contributed by atoms with Gasteiger partial charge >= 0.3 is 12.0 Å². The van der Waals surface area contributed by atoms with Crippen molar-refractivity contribution in [1.82, 2.24) is 10.6 Å². The summed E-state index contributed by atoms with van der Waals surface area (Å²) in [4.78, 5) is 32.9. The number of carboxylic acids is 1. The normalized spacial score (nSPS) is 11.4. The summed E-state index contributed by atoms with van der Waals surface area (Å²) in [6.07, 6.45) is -0.501. The summed E-state index contributed by atoms with van der Waals surface area (Å²) in [5, 5.41) is 13.3. The molecule has 1 atom stereocenters. The zero-order valence-corrected chi connectivity index (χ0v) is 10.4. The molecule has 0 bridgehead atoms. The summed E-state index contributed by atoms with van der Waals surface area (Å²) in [6.45, 7) is 0.0923. The van der Waals surface area contributed by atoms with E-state index < -0.39 is 36.2 Å². The number of urea groups is 1. The van der Waals surface area contributed by atoms with Crippen LogP contribution >= 0.6 is 0 Å². The lowest BCUT2D eigenvalue weighted by atomic mass is 10.2. The topological polar surface area (TPSA) is 122 Å². The fraction of sp³-hybridized carbons (Fsp3) is 0.250. The smallest absolute Gasteiger partial charge is 0.326 e. The molecule has 8 heteroatoms. The first-order valence-electron chi connectivity index (χ1n) is 5.68. The van der Waals surface area contributed by atoms with E-state index in [1.54, 1.807) is 0 Å². The second-order valence-electron chi connectivity index (χ2n) is 4.01. The molecule has 0 saturated heterocycles. The summed E-state index contributed by atoms with van der Waals surface area (Å²) in [7, 11) is 0. The SMILES string of the molecule is NC(=O)CC(NC(=O)NCc1ccc(F)cc1)C(=O)O. The maximum atomic E-state index is 12.7. The van der Waals surface area contributed by atoms with E-state index in [9.17, 15) is 18.8 Å². The van der Waals surface area contributed by atoms with Crippen molar-refractivity contribution < 1.29 is 23.9 Å². The van der Waals surface area contributed by atoms with Gasteiger partial charge in [0.2, 0.25) is 5.91 Å². The highest BCUT2D eigenvalue weighted by molar-refractivity contribution is 5.87. The fourth-order valence-electron chi connectivity index (χ4n) is 1.40. The Bertz CT molecular complexity index is 504. The third kappa shape index (κ3) is 5.34. The molecule has 20 heavy (non-hydrogen) atoms. The van der Waals surface area contributed by atoms with Crippen LogP contribution in [0.1, 0.15) is 12.0 Å². The van der Waals surface area contributed by atoms with Crippen molar-refractivity contribution in [2.45, 2.75) is 19.0 Å². The van der Waals surface area contributed by atoms with Gasteiger partial charge in [-0.3, -0.25) is 4.79 Å². The summed E-state index contributed by atoms with van der Waals surface area (Å²) in [5.41, 5.74) is 5.52.